The summed E-state index contributed by atoms with van der Waals surface area (Å²) in [5.74, 6) is 0.665. The van der Waals surface area contributed by atoms with E-state index in [1.165, 1.54) is 12.5 Å². The molecular formula is C15H14N2O3. The van der Waals surface area contributed by atoms with Crippen molar-refractivity contribution in [3.05, 3.63) is 66.6 Å². The average molecular weight is 270 g/mol. The third-order valence-electron chi connectivity index (χ3n) is 3.06. The molecule has 0 spiro atoms. The number of hydrogen-bond acceptors (Lipinski definition) is 4. The molecule has 0 saturated carbocycles. The Labute approximate surface area is 116 Å². The van der Waals surface area contributed by atoms with Gasteiger partial charge in [-0.05, 0) is 18.4 Å². The second-order valence-electron chi connectivity index (χ2n) is 4.52. The lowest BCUT2D eigenvalue weighted by Crippen LogP contribution is -2.16. The number of carbonyl (C=O) groups excluding carboxylic acids is 1. The molecule has 1 aromatic rings. The Bertz CT molecular complexity index is 622. The fraction of sp³-hybridized carbons (Fsp3) is 0.200. The summed E-state index contributed by atoms with van der Waals surface area (Å²) in [4.78, 5) is 16.0. The molecular weight excluding hydrogens is 256 g/mol. The van der Waals surface area contributed by atoms with Gasteiger partial charge in [-0.25, -0.2) is 4.98 Å². The largest absolute Gasteiger partial charge is 0.465 e. The van der Waals surface area contributed by atoms with Crippen LogP contribution in [-0.4, -0.2) is 15.3 Å². The Kier molecular flexibility index (Phi) is 3.50. The first-order valence-electron chi connectivity index (χ1n) is 6.41. The summed E-state index contributed by atoms with van der Waals surface area (Å²) in [6, 6.07) is 0. The number of rotatable bonds is 4. The van der Waals surface area contributed by atoms with Gasteiger partial charge in [-0.15, -0.1) is 0 Å². The Morgan fingerprint density at radius 1 is 1.40 bits per heavy atom. The number of ether oxygens (including phenoxy) is 2. The van der Waals surface area contributed by atoms with Crippen molar-refractivity contribution in [2.75, 3.05) is 0 Å². The Morgan fingerprint density at radius 2 is 2.35 bits per heavy atom. The zero-order valence-electron chi connectivity index (χ0n) is 10.9. The minimum atomic E-state index is -0.152. The van der Waals surface area contributed by atoms with Gasteiger partial charge in [0.1, 0.15) is 12.5 Å². The van der Waals surface area contributed by atoms with E-state index in [1.807, 2.05) is 12.2 Å². The second kappa shape index (κ2) is 5.61. The lowest BCUT2D eigenvalue weighted by Gasteiger charge is -2.18. The summed E-state index contributed by atoms with van der Waals surface area (Å²) in [6.45, 7) is 0.182. The number of ketones is 1. The maximum atomic E-state index is 12.1. The van der Waals surface area contributed by atoms with Crippen LogP contribution in [0.2, 0.25) is 0 Å². The predicted octanol–water partition coefficient (Wildman–Crippen LogP) is 2.46. The average Bonchev–Trinajstić information content (AvgIpc) is 3.01. The van der Waals surface area contributed by atoms with Gasteiger partial charge in [0.15, 0.2) is 5.76 Å². The molecule has 0 radical (unpaired) electrons. The number of nitrogens with zero attached hydrogens (tertiary/aromatic N) is 2. The number of carbonyl (C=O) groups is 1. The maximum absolute atomic E-state index is 12.1. The highest BCUT2D eigenvalue weighted by Crippen LogP contribution is 2.26. The van der Waals surface area contributed by atoms with E-state index in [-0.39, 0.29) is 18.1 Å². The lowest BCUT2D eigenvalue weighted by atomic mass is 10.0. The minimum Gasteiger partial charge on any atom is -0.465 e. The number of imidazole rings is 1. The van der Waals surface area contributed by atoms with E-state index < -0.39 is 0 Å². The highest BCUT2D eigenvalue weighted by atomic mass is 16.5. The van der Waals surface area contributed by atoms with Gasteiger partial charge in [0.2, 0.25) is 11.5 Å². The van der Waals surface area contributed by atoms with E-state index in [1.54, 1.807) is 23.3 Å². The molecule has 1 aromatic heterocycles. The molecule has 0 bridgehead atoms. The molecule has 0 aromatic carbocycles. The molecule has 0 amide bonds. The first kappa shape index (κ1) is 12.5. The molecule has 0 N–H and O–H groups in total. The number of hydrogen-bond donors (Lipinski definition) is 0. The van der Waals surface area contributed by atoms with Crippen LogP contribution >= 0.6 is 0 Å². The molecule has 2 heterocycles. The van der Waals surface area contributed by atoms with E-state index in [0.29, 0.717) is 5.76 Å². The predicted molar refractivity (Wildman–Crippen MR) is 72.0 cm³/mol. The van der Waals surface area contributed by atoms with Crippen LogP contribution in [-0.2, 0) is 20.8 Å². The molecule has 0 atom stereocenters. The fourth-order valence-electron chi connectivity index (χ4n) is 2.02. The molecule has 0 fully saturated rings. The van der Waals surface area contributed by atoms with Gasteiger partial charge in [0.25, 0.3) is 0 Å². The van der Waals surface area contributed by atoms with E-state index in [0.717, 1.165) is 18.4 Å². The van der Waals surface area contributed by atoms with Crippen molar-refractivity contribution in [2.45, 2.75) is 19.4 Å². The Balaban J connectivity index is 1.67. The van der Waals surface area contributed by atoms with Crippen LogP contribution in [0.1, 0.15) is 12.8 Å². The molecule has 5 nitrogen and oxygen atoms in total. The van der Waals surface area contributed by atoms with Gasteiger partial charge in [0, 0.05) is 12.4 Å². The first-order chi connectivity index (χ1) is 9.83. The Hall–Kier alpha value is -2.56. The van der Waals surface area contributed by atoms with Crippen LogP contribution in [0.5, 0.6) is 0 Å². The van der Waals surface area contributed by atoms with Gasteiger partial charge in [0.05, 0.1) is 12.9 Å². The maximum Gasteiger partial charge on any atom is 0.220 e. The van der Waals surface area contributed by atoms with Crippen LogP contribution in [0.3, 0.4) is 0 Å². The number of aromatic nitrogens is 2. The summed E-state index contributed by atoms with van der Waals surface area (Å²) in [7, 11) is 0. The topological polar surface area (TPSA) is 53.4 Å². The third-order valence-corrected chi connectivity index (χ3v) is 3.06. The van der Waals surface area contributed by atoms with E-state index in [2.05, 4.69) is 11.1 Å². The minimum absolute atomic E-state index is 0.152. The zero-order valence-corrected chi connectivity index (χ0v) is 10.9. The zero-order chi connectivity index (χ0) is 13.8. The van der Waals surface area contributed by atoms with E-state index in [9.17, 15) is 4.79 Å². The van der Waals surface area contributed by atoms with E-state index >= 15 is 0 Å². The first-order valence-corrected chi connectivity index (χ1v) is 6.41. The van der Waals surface area contributed by atoms with Crippen molar-refractivity contribution >= 4 is 5.78 Å². The monoisotopic (exact) mass is 270 g/mol. The highest BCUT2D eigenvalue weighted by molar-refractivity contribution is 5.93. The smallest absolute Gasteiger partial charge is 0.220 e. The normalized spacial score (nSPS) is 17.5. The van der Waals surface area contributed by atoms with E-state index in [4.69, 9.17) is 9.47 Å². The lowest BCUT2D eigenvalue weighted by molar-refractivity contribution is -0.119. The molecule has 0 saturated heterocycles. The summed E-state index contributed by atoms with van der Waals surface area (Å²) >= 11 is 0. The highest BCUT2D eigenvalue weighted by Gasteiger charge is 2.20. The number of allylic oxidation sites excluding steroid dienone is 5. The van der Waals surface area contributed by atoms with Gasteiger partial charge in [-0.2, -0.15) is 0 Å². The van der Waals surface area contributed by atoms with Crippen molar-refractivity contribution in [3.63, 3.8) is 0 Å². The molecule has 20 heavy (non-hydrogen) atoms. The third kappa shape index (κ3) is 2.71. The molecule has 1 aliphatic heterocycles. The van der Waals surface area contributed by atoms with Crippen LogP contribution in [0.15, 0.2) is 66.6 Å². The van der Waals surface area contributed by atoms with Crippen LogP contribution in [0, 0.1) is 0 Å². The molecule has 0 unspecified atom stereocenters. The van der Waals surface area contributed by atoms with Gasteiger partial charge in [-0.3, -0.25) is 4.79 Å². The van der Waals surface area contributed by atoms with Gasteiger partial charge in [-0.1, -0.05) is 18.2 Å². The fourth-order valence-corrected chi connectivity index (χ4v) is 2.02. The summed E-state index contributed by atoms with van der Waals surface area (Å²) < 4.78 is 12.6. The second-order valence-corrected chi connectivity index (χ2v) is 4.52. The van der Waals surface area contributed by atoms with Crippen LogP contribution < -0.4 is 0 Å². The van der Waals surface area contributed by atoms with Crippen molar-refractivity contribution in [1.29, 1.82) is 0 Å². The van der Waals surface area contributed by atoms with Crippen molar-refractivity contribution in [3.8, 4) is 0 Å². The Morgan fingerprint density at radius 3 is 3.10 bits per heavy atom. The molecule has 2 aliphatic rings. The molecule has 5 heteroatoms. The van der Waals surface area contributed by atoms with Crippen molar-refractivity contribution in [2.24, 2.45) is 0 Å². The molecule has 102 valence electrons. The van der Waals surface area contributed by atoms with Crippen LogP contribution in [0.25, 0.3) is 0 Å². The number of Topliss-reactive ketones (excluding diaryl/α,β-unsaturated/α-hetero) is 1. The van der Waals surface area contributed by atoms with Crippen molar-refractivity contribution < 1.29 is 14.3 Å². The van der Waals surface area contributed by atoms with Crippen molar-refractivity contribution in [1.82, 2.24) is 9.55 Å². The molecule has 1 aliphatic carbocycles. The van der Waals surface area contributed by atoms with Gasteiger partial charge < -0.3 is 14.0 Å². The summed E-state index contributed by atoms with van der Waals surface area (Å²) in [5, 5.41) is 0. The molecule has 3 rings (SSSR count). The van der Waals surface area contributed by atoms with Crippen LogP contribution in [0.4, 0.5) is 0 Å². The summed E-state index contributed by atoms with van der Waals surface area (Å²) in [5.41, 5.74) is 1.04. The SMILES string of the molecule is O=C(Cn1ccnc1)C1=COC=C(C2=CC=CCC2)O1. The summed E-state index contributed by atoms with van der Waals surface area (Å²) in [6.07, 6.45) is 15.7. The standard InChI is InChI=1S/C15H14N2O3/c18-13(8-17-7-6-16-11-17)15-10-19-9-14(20-15)12-4-2-1-3-5-12/h1-2,4,6-7,9-11H,3,5,8H2. The quantitative estimate of drug-likeness (QED) is 0.843. The van der Waals surface area contributed by atoms with Gasteiger partial charge >= 0.3 is 0 Å².